The smallest absolute Gasteiger partial charge is 0.312 e. The van der Waals surface area contributed by atoms with Crippen molar-refractivity contribution in [2.45, 2.75) is 26.9 Å². The molecule has 4 nitrogen and oxygen atoms in total. The molecule has 0 saturated carbocycles. The van der Waals surface area contributed by atoms with Crippen molar-refractivity contribution in [1.82, 2.24) is 9.97 Å². The molecule has 0 bridgehead atoms. The van der Waals surface area contributed by atoms with Crippen LogP contribution < -0.4 is 0 Å². The maximum Gasteiger partial charge on any atom is 0.312 e. The first-order chi connectivity index (χ1) is 11.6. The van der Waals surface area contributed by atoms with Crippen LogP contribution in [-0.4, -0.2) is 15.9 Å². The Hall–Kier alpha value is -2.53. The number of pyridine rings is 1. The van der Waals surface area contributed by atoms with Gasteiger partial charge < -0.3 is 4.74 Å². The van der Waals surface area contributed by atoms with Crippen molar-refractivity contribution in [3.63, 3.8) is 0 Å². The molecular weight excluding hydrogens is 320 g/mol. The molecule has 0 unspecified atom stereocenters. The highest BCUT2D eigenvalue weighted by molar-refractivity contribution is 7.13. The fourth-order valence-corrected chi connectivity index (χ4v) is 3.13. The van der Waals surface area contributed by atoms with Crippen LogP contribution >= 0.6 is 11.3 Å². The van der Waals surface area contributed by atoms with E-state index in [4.69, 9.17) is 4.74 Å². The number of rotatable bonds is 5. The standard InChI is InChI=1S/C19H18N2O2S/c1-13-5-6-14(2)16(8-13)11-23-18(22)9-17-12-24-19(21-17)15-4-3-7-20-10-15/h3-8,10,12H,9,11H2,1-2H3. The minimum atomic E-state index is -0.265. The first-order valence-corrected chi connectivity index (χ1v) is 8.56. The summed E-state index contributed by atoms with van der Waals surface area (Å²) < 4.78 is 5.40. The molecule has 3 rings (SSSR count). The third-order valence-electron chi connectivity index (χ3n) is 3.68. The van der Waals surface area contributed by atoms with Gasteiger partial charge in [-0.25, -0.2) is 4.98 Å². The largest absolute Gasteiger partial charge is 0.461 e. The molecule has 0 radical (unpaired) electrons. The zero-order valence-electron chi connectivity index (χ0n) is 13.7. The van der Waals surface area contributed by atoms with Crippen LogP contribution in [0.5, 0.6) is 0 Å². The molecular formula is C19H18N2O2S. The summed E-state index contributed by atoms with van der Waals surface area (Å²) in [5.74, 6) is -0.265. The number of hydrogen-bond donors (Lipinski definition) is 0. The van der Waals surface area contributed by atoms with E-state index in [0.717, 1.165) is 33.0 Å². The molecule has 0 saturated heterocycles. The normalized spacial score (nSPS) is 10.6. The van der Waals surface area contributed by atoms with Crippen molar-refractivity contribution >= 4 is 17.3 Å². The molecule has 3 aromatic rings. The van der Waals surface area contributed by atoms with E-state index in [9.17, 15) is 4.79 Å². The number of esters is 1. The zero-order chi connectivity index (χ0) is 16.9. The Balaban J connectivity index is 1.59. The van der Waals surface area contributed by atoms with Crippen LogP contribution in [0.15, 0.2) is 48.1 Å². The SMILES string of the molecule is Cc1ccc(C)c(COC(=O)Cc2csc(-c3cccnc3)n2)c1. The summed E-state index contributed by atoms with van der Waals surface area (Å²) in [5, 5.41) is 2.75. The lowest BCUT2D eigenvalue weighted by Gasteiger charge is -2.08. The number of aromatic nitrogens is 2. The molecule has 5 heteroatoms. The highest BCUT2D eigenvalue weighted by Crippen LogP contribution is 2.23. The molecule has 24 heavy (non-hydrogen) atoms. The Labute approximate surface area is 145 Å². The predicted octanol–water partition coefficient (Wildman–Crippen LogP) is 4.11. The van der Waals surface area contributed by atoms with E-state index in [0.29, 0.717) is 6.61 Å². The van der Waals surface area contributed by atoms with Crippen LogP contribution in [0.4, 0.5) is 0 Å². The number of ether oxygens (including phenoxy) is 1. The minimum Gasteiger partial charge on any atom is -0.461 e. The van der Waals surface area contributed by atoms with E-state index < -0.39 is 0 Å². The molecule has 1 aromatic carbocycles. The van der Waals surface area contributed by atoms with Gasteiger partial charge in [-0.3, -0.25) is 9.78 Å². The molecule has 2 aromatic heterocycles. The molecule has 122 valence electrons. The summed E-state index contributed by atoms with van der Waals surface area (Å²) >= 11 is 1.50. The van der Waals surface area contributed by atoms with Crippen molar-refractivity contribution < 1.29 is 9.53 Å². The minimum absolute atomic E-state index is 0.182. The quantitative estimate of drug-likeness (QED) is 0.657. The molecule has 0 aliphatic rings. The topological polar surface area (TPSA) is 52.1 Å². The summed E-state index contributed by atoms with van der Waals surface area (Å²) in [6.45, 7) is 4.34. The Morgan fingerprint density at radius 2 is 2.12 bits per heavy atom. The van der Waals surface area contributed by atoms with Crippen molar-refractivity contribution in [3.05, 3.63) is 70.5 Å². The van der Waals surface area contributed by atoms with Crippen LogP contribution in [0.3, 0.4) is 0 Å². The van der Waals surface area contributed by atoms with E-state index in [1.165, 1.54) is 11.3 Å². The van der Waals surface area contributed by atoms with E-state index >= 15 is 0 Å². The van der Waals surface area contributed by atoms with Gasteiger partial charge in [-0.2, -0.15) is 0 Å². The van der Waals surface area contributed by atoms with Gasteiger partial charge in [0.05, 0.1) is 12.1 Å². The van der Waals surface area contributed by atoms with E-state index in [2.05, 4.69) is 16.0 Å². The van der Waals surface area contributed by atoms with Crippen LogP contribution in [0, 0.1) is 13.8 Å². The fraction of sp³-hybridized carbons (Fsp3) is 0.211. The van der Waals surface area contributed by atoms with Crippen molar-refractivity contribution in [2.75, 3.05) is 0 Å². The summed E-state index contributed by atoms with van der Waals surface area (Å²) in [7, 11) is 0. The maximum atomic E-state index is 12.1. The van der Waals surface area contributed by atoms with Gasteiger partial charge >= 0.3 is 5.97 Å². The number of benzene rings is 1. The number of thiazole rings is 1. The molecule has 0 N–H and O–H groups in total. The monoisotopic (exact) mass is 338 g/mol. The number of carbonyl (C=O) groups excluding carboxylic acids is 1. The molecule has 0 amide bonds. The Morgan fingerprint density at radius 1 is 1.25 bits per heavy atom. The third kappa shape index (κ3) is 4.06. The van der Waals surface area contributed by atoms with E-state index in [-0.39, 0.29) is 12.4 Å². The lowest BCUT2D eigenvalue weighted by Crippen LogP contribution is -2.09. The van der Waals surface area contributed by atoms with Crippen LogP contribution in [0.1, 0.15) is 22.4 Å². The van der Waals surface area contributed by atoms with Gasteiger partial charge in [-0.1, -0.05) is 23.8 Å². The van der Waals surface area contributed by atoms with E-state index in [1.54, 1.807) is 12.4 Å². The molecule has 0 spiro atoms. The van der Waals surface area contributed by atoms with Gasteiger partial charge in [0.15, 0.2) is 0 Å². The molecule has 0 atom stereocenters. The van der Waals surface area contributed by atoms with Crippen molar-refractivity contribution in [1.29, 1.82) is 0 Å². The first kappa shape index (κ1) is 16.3. The summed E-state index contributed by atoms with van der Waals surface area (Å²) in [4.78, 5) is 20.6. The van der Waals surface area contributed by atoms with Gasteiger partial charge in [0.2, 0.25) is 0 Å². The number of nitrogens with zero attached hydrogens (tertiary/aromatic N) is 2. The second-order valence-electron chi connectivity index (χ2n) is 5.65. The number of carbonyl (C=O) groups is 1. The van der Waals surface area contributed by atoms with Crippen LogP contribution in [0.2, 0.25) is 0 Å². The Bertz CT molecular complexity index is 844. The fourth-order valence-electron chi connectivity index (χ4n) is 2.32. The summed E-state index contributed by atoms with van der Waals surface area (Å²) in [5.41, 5.74) is 5.01. The molecule has 2 heterocycles. The van der Waals surface area contributed by atoms with Gasteiger partial charge in [0.25, 0.3) is 0 Å². The molecule has 0 aliphatic carbocycles. The average Bonchev–Trinajstić information content (AvgIpc) is 3.05. The highest BCUT2D eigenvalue weighted by atomic mass is 32.1. The molecule has 0 fully saturated rings. The van der Waals surface area contributed by atoms with Crippen LogP contribution in [-0.2, 0) is 22.6 Å². The van der Waals surface area contributed by atoms with Gasteiger partial charge in [0.1, 0.15) is 11.6 Å². The highest BCUT2D eigenvalue weighted by Gasteiger charge is 2.11. The second-order valence-corrected chi connectivity index (χ2v) is 6.51. The van der Waals surface area contributed by atoms with Crippen LogP contribution in [0.25, 0.3) is 10.6 Å². The average molecular weight is 338 g/mol. The molecule has 0 aliphatic heterocycles. The lowest BCUT2D eigenvalue weighted by atomic mass is 10.1. The Morgan fingerprint density at radius 3 is 2.92 bits per heavy atom. The van der Waals surface area contributed by atoms with Crippen molar-refractivity contribution in [3.8, 4) is 10.6 Å². The first-order valence-electron chi connectivity index (χ1n) is 7.68. The number of hydrogen-bond acceptors (Lipinski definition) is 5. The zero-order valence-corrected chi connectivity index (χ0v) is 14.5. The van der Waals surface area contributed by atoms with Gasteiger partial charge in [-0.15, -0.1) is 11.3 Å². The third-order valence-corrected chi connectivity index (χ3v) is 4.62. The lowest BCUT2D eigenvalue weighted by molar-refractivity contribution is -0.144. The maximum absolute atomic E-state index is 12.1. The van der Waals surface area contributed by atoms with Gasteiger partial charge in [-0.05, 0) is 37.1 Å². The number of aryl methyl sites for hydroxylation is 2. The second kappa shape index (κ2) is 7.36. The predicted molar refractivity (Wildman–Crippen MR) is 94.8 cm³/mol. The van der Waals surface area contributed by atoms with Gasteiger partial charge in [0, 0.05) is 23.3 Å². The van der Waals surface area contributed by atoms with Crippen molar-refractivity contribution in [2.24, 2.45) is 0 Å². The van der Waals surface area contributed by atoms with E-state index in [1.807, 2.05) is 43.5 Å². The Kier molecular flexibility index (Phi) is 5.01. The summed E-state index contributed by atoms with van der Waals surface area (Å²) in [6.07, 6.45) is 3.67. The summed E-state index contributed by atoms with van der Waals surface area (Å²) in [6, 6.07) is 9.96.